The summed E-state index contributed by atoms with van der Waals surface area (Å²) in [5.41, 5.74) is -0.329. The van der Waals surface area contributed by atoms with Gasteiger partial charge in [0.25, 0.3) is 0 Å². The third kappa shape index (κ3) is 4.68. The van der Waals surface area contributed by atoms with Crippen LogP contribution in [0.4, 0.5) is 4.39 Å². The Bertz CT molecular complexity index is 530. The molecule has 0 radical (unpaired) electrons. The second-order valence-electron chi connectivity index (χ2n) is 4.97. The Morgan fingerprint density at radius 3 is 2.43 bits per heavy atom. The van der Waals surface area contributed by atoms with Crippen molar-refractivity contribution in [3.05, 3.63) is 41.9 Å². The third-order valence-electron chi connectivity index (χ3n) is 3.56. The minimum atomic E-state index is -1.04. The highest BCUT2D eigenvalue weighted by Crippen LogP contribution is 2.37. The highest BCUT2D eigenvalue weighted by Gasteiger charge is 2.44. The zero-order chi connectivity index (χ0) is 17.3. The second kappa shape index (κ2) is 9.12. The fourth-order valence-electron chi connectivity index (χ4n) is 2.38. The van der Waals surface area contributed by atoms with Gasteiger partial charge in [-0.25, -0.2) is 4.98 Å². The molecule has 0 saturated carbocycles. The topological polar surface area (TPSA) is 57.7 Å². The number of halogens is 1. The van der Waals surface area contributed by atoms with Crippen LogP contribution in [0.25, 0.3) is 0 Å². The summed E-state index contributed by atoms with van der Waals surface area (Å²) in [6, 6.07) is 2.86. The van der Waals surface area contributed by atoms with E-state index in [0.29, 0.717) is 24.4 Å². The first-order chi connectivity index (χ1) is 11.0. The Morgan fingerprint density at radius 2 is 1.96 bits per heavy atom. The van der Waals surface area contributed by atoms with E-state index in [0.717, 1.165) is 0 Å². The van der Waals surface area contributed by atoms with Crippen molar-refractivity contribution in [2.24, 2.45) is 5.41 Å². The van der Waals surface area contributed by atoms with E-state index in [9.17, 15) is 9.18 Å². The van der Waals surface area contributed by atoms with Gasteiger partial charge in [-0.3, -0.25) is 4.79 Å². The summed E-state index contributed by atoms with van der Waals surface area (Å²) in [4.78, 5) is 16.3. The van der Waals surface area contributed by atoms with E-state index in [1.165, 1.54) is 25.6 Å². The standard InChI is InChI=1S/C17H24FNO4/c1-5-17(16(20)23-7-3,14(12-21-4)22-6-2)10-13-8-9-15(18)19-11-13/h8-9,11-12H,5-7,10H2,1-4H3. The maximum absolute atomic E-state index is 13.0. The van der Waals surface area contributed by atoms with Gasteiger partial charge in [-0.1, -0.05) is 13.0 Å². The number of rotatable bonds is 9. The van der Waals surface area contributed by atoms with Crippen molar-refractivity contribution in [2.75, 3.05) is 20.3 Å². The highest BCUT2D eigenvalue weighted by molar-refractivity contribution is 5.80. The fraction of sp³-hybridized carbons (Fsp3) is 0.529. The Labute approximate surface area is 136 Å². The fourth-order valence-corrected chi connectivity index (χ4v) is 2.38. The molecule has 1 atom stereocenters. The number of carbonyl (C=O) groups excluding carboxylic acids is 1. The largest absolute Gasteiger partial charge is 0.501 e. The van der Waals surface area contributed by atoms with Gasteiger partial charge >= 0.3 is 5.97 Å². The molecule has 1 heterocycles. The van der Waals surface area contributed by atoms with Gasteiger partial charge in [-0.15, -0.1) is 0 Å². The monoisotopic (exact) mass is 325 g/mol. The zero-order valence-electron chi connectivity index (χ0n) is 14.1. The van der Waals surface area contributed by atoms with Crippen LogP contribution >= 0.6 is 0 Å². The molecule has 1 aromatic rings. The first kappa shape index (κ1) is 18.9. The average molecular weight is 325 g/mol. The number of nitrogens with zero attached hydrogens (tertiary/aromatic N) is 1. The van der Waals surface area contributed by atoms with E-state index in [4.69, 9.17) is 14.2 Å². The number of pyridine rings is 1. The number of esters is 1. The molecule has 128 valence electrons. The molecule has 0 N–H and O–H groups in total. The summed E-state index contributed by atoms with van der Waals surface area (Å²) in [5, 5.41) is 0. The van der Waals surface area contributed by atoms with Crippen LogP contribution in [0, 0.1) is 11.4 Å². The van der Waals surface area contributed by atoms with Crippen LogP contribution in [-0.4, -0.2) is 31.3 Å². The van der Waals surface area contributed by atoms with Gasteiger partial charge in [0.1, 0.15) is 17.4 Å². The van der Waals surface area contributed by atoms with Gasteiger partial charge in [-0.05, 0) is 38.3 Å². The number of hydrogen-bond acceptors (Lipinski definition) is 5. The molecule has 0 aliphatic heterocycles. The Hall–Kier alpha value is -2.11. The molecule has 1 unspecified atom stereocenters. The van der Waals surface area contributed by atoms with Crippen LogP contribution in [0.1, 0.15) is 32.8 Å². The van der Waals surface area contributed by atoms with Crippen molar-refractivity contribution in [2.45, 2.75) is 33.6 Å². The SMILES string of the molecule is CCOC(=O)C(CC)(Cc1ccc(F)nc1)C(=COC)OCC. The second-order valence-corrected chi connectivity index (χ2v) is 4.97. The van der Waals surface area contributed by atoms with E-state index in [2.05, 4.69) is 4.98 Å². The maximum atomic E-state index is 13.0. The smallest absolute Gasteiger partial charge is 0.320 e. The minimum absolute atomic E-state index is 0.259. The van der Waals surface area contributed by atoms with Gasteiger partial charge in [0, 0.05) is 6.20 Å². The van der Waals surface area contributed by atoms with E-state index in [-0.39, 0.29) is 13.0 Å². The van der Waals surface area contributed by atoms with Crippen LogP contribution in [0.5, 0.6) is 0 Å². The number of hydrogen-bond donors (Lipinski definition) is 0. The zero-order valence-corrected chi connectivity index (χ0v) is 14.1. The Morgan fingerprint density at radius 1 is 1.26 bits per heavy atom. The molecular weight excluding hydrogens is 301 g/mol. The molecule has 6 heteroatoms. The van der Waals surface area contributed by atoms with E-state index in [1.54, 1.807) is 13.0 Å². The molecule has 0 aromatic carbocycles. The summed E-state index contributed by atoms with van der Waals surface area (Å²) in [6.45, 7) is 6.09. The predicted octanol–water partition coefficient (Wildman–Crippen LogP) is 3.25. The summed E-state index contributed by atoms with van der Waals surface area (Å²) >= 11 is 0. The Kier molecular flexibility index (Phi) is 7.51. The molecule has 23 heavy (non-hydrogen) atoms. The van der Waals surface area contributed by atoms with Gasteiger partial charge in [0.2, 0.25) is 5.95 Å². The molecule has 0 saturated heterocycles. The maximum Gasteiger partial charge on any atom is 0.320 e. The van der Waals surface area contributed by atoms with Gasteiger partial charge in [0.05, 0.1) is 20.3 Å². The van der Waals surface area contributed by atoms with E-state index >= 15 is 0 Å². The van der Waals surface area contributed by atoms with Crippen molar-refractivity contribution in [1.82, 2.24) is 4.98 Å². The average Bonchev–Trinajstić information content (AvgIpc) is 2.54. The summed E-state index contributed by atoms with van der Waals surface area (Å²) in [6.07, 6.45) is 3.55. The predicted molar refractivity (Wildman–Crippen MR) is 84.0 cm³/mol. The number of ether oxygens (including phenoxy) is 3. The molecule has 0 aliphatic carbocycles. The molecular formula is C17H24FNO4. The van der Waals surface area contributed by atoms with Crippen LogP contribution in [0.15, 0.2) is 30.4 Å². The van der Waals surface area contributed by atoms with E-state index in [1.807, 2.05) is 13.8 Å². The molecule has 1 rings (SSSR count). The lowest BCUT2D eigenvalue weighted by Gasteiger charge is -2.32. The number of methoxy groups -OCH3 is 1. The van der Waals surface area contributed by atoms with Crippen molar-refractivity contribution in [3.8, 4) is 0 Å². The minimum Gasteiger partial charge on any atom is -0.501 e. The normalized spacial score (nSPS) is 14.0. The molecule has 0 bridgehead atoms. The van der Waals surface area contributed by atoms with Crippen molar-refractivity contribution < 1.29 is 23.4 Å². The molecule has 1 aromatic heterocycles. The lowest BCUT2D eigenvalue weighted by atomic mass is 9.77. The molecule has 0 aliphatic rings. The lowest BCUT2D eigenvalue weighted by molar-refractivity contribution is -0.155. The highest BCUT2D eigenvalue weighted by atomic mass is 19.1. The third-order valence-corrected chi connectivity index (χ3v) is 3.56. The van der Waals surface area contributed by atoms with E-state index < -0.39 is 17.3 Å². The van der Waals surface area contributed by atoms with Crippen molar-refractivity contribution in [3.63, 3.8) is 0 Å². The van der Waals surface area contributed by atoms with Crippen LogP contribution in [0.3, 0.4) is 0 Å². The molecule has 0 spiro atoms. The molecule has 0 fully saturated rings. The summed E-state index contributed by atoms with van der Waals surface area (Å²) in [7, 11) is 1.49. The molecule has 5 nitrogen and oxygen atoms in total. The van der Waals surface area contributed by atoms with Gasteiger partial charge < -0.3 is 14.2 Å². The molecule has 0 amide bonds. The number of aromatic nitrogens is 1. The van der Waals surface area contributed by atoms with Crippen molar-refractivity contribution >= 4 is 5.97 Å². The van der Waals surface area contributed by atoms with Crippen LogP contribution in [0.2, 0.25) is 0 Å². The first-order valence-electron chi connectivity index (χ1n) is 7.67. The van der Waals surface area contributed by atoms with Crippen LogP contribution < -0.4 is 0 Å². The summed E-state index contributed by atoms with van der Waals surface area (Å²) in [5.74, 6) is -0.569. The van der Waals surface area contributed by atoms with Crippen molar-refractivity contribution in [1.29, 1.82) is 0 Å². The quantitative estimate of drug-likeness (QED) is 0.396. The van der Waals surface area contributed by atoms with Gasteiger partial charge in [0.15, 0.2) is 0 Å². The summed E-state index contributed by atoms with van der Waals surface area (Å²) < 4.78 is 29.0. The number of carbonyl (C=O) groups is 1. The Balaban J connectivity index is 3.29. The lowest BCUT2D eigenvalue weighted by Crippen LogP contribution is -2.38. The van der Waals surface area contributed by atoms with Crippen LogP contribution in [-0.2, 0) is 25.4 Å². The van der Waals surface area contributed by atoms with Gasteiger partial charge in [-0.2, -0.15) is 4.39 Å². The first-order valence-corrected chi connectivity index (χ1v) is 7.67.